The molecule has 4 fully saturated rings. The first kappa shape index (κ1) is 32.8. The molecule has 0 aliphatic carbocycles. The van der Waals surface area contributed by atoms with Crippen molar-refractivity contribution >= 4 is 17.7 Å². The molecule has 6 atom stereocenters. The summed E-state index contributed by atoms with van der Waals surface area (Å²) < 4.78 is 5.59. The van der Waals surface area contributed by atoms with Gasteiger partial charge in [-0.25, -0.2) is 0 Å². The van der Waals surface area contributed by atoms with Gasteiger partial charge in [0.2, 0.25) is 17.7 Å². The number of nitrogens with zero attached hydrogens (tertiary/aromatic N) is 2. The van der Waals surface area contributed by atoms with Crippen LogP contribution >= 0.6 is 0 Å². The van der Waals surface area contributed by atoms with Gasteiger partial charge < -0.3 is 30.9 Å². The molecule has 0 aromatic heterocycles. The molecule has 11 heteroatoms. The first-order valence-corrected chi connectivity index (χ1v) is 16.6. The molecule has 0 spiro atoms. The van der Waals surface area contributed by atoms with E-state index in [1.807, 2.05) is 30.3 Å². The molecule has 11 nitrogen and oxygen atoms in total. The van der Waals surface area contributed by atoms with Crippen molar-refractivity contribution in [2.24, 2.45) is 11.8 Å². The Kier molecular flexibility index (Phi) is 12.0. The van der Waals surface area contributed by atoms with E-state index in [4.69, 9.17) is 4.74 Å². The van der Waals surface area contributed by atoms with Gasteiger partial charge in [0.1, 0.15) is 0 Å². The lowest BCUT2D eigenvalue weighted by Gasteiger charge is -2.43. The molecule has 2 unspecified atom stereocenters. The van der Waals surface area contributed by atoms with Gasteiger partial charge in [0.15, 0.2) is 0 Å². The number of aliphatic hydroxyl groups excluding tert-OH is 2. The number of hydrogen-bond acceptors (Lipinski definition) is 8. The third-order valence-electron chi connectivity index (χ3n) is 9.96. The lowest BCUT2D eigenvalue weighted by Crippen LogP contribution is -2.49. The van der Waals surface area contributed by atoms with Crippen molar-refractivity contribution in [2.75, 3.05) is 45.9 Å². The number of fused-ring (bicyclic) bond motifs is 3. The first-order chi connectivity index (χ1) is 21.3. The summed E-state index contributed by atoms with van der Waals surface area (Å²) >= 11 is 0. The van der Waals surface area contributed by atoms with Gasteiger partial charge in [0.05, 0.1) is 24.7 Å². The average Bonchev–Trinajstić information content (AvgIpc) is 3.39. The molecule has 2 bridgehead atoms. The summed E-state index contributed by atoms with van der Waals surface area (Å²) in [6, 6.07) is 9.92. The smallest absolute Gasteiger partial charge is 0.237 e. The summed E-state index contributed by atoms with van der Waals surface area (Å²) in [6.45, 7) is 5.45. The van der Waals surface area contributed by atoms with Crippen molar-refractivity contribution in [3.05, 3.63) is 35.9 Å². The summed E-state index contributed by atoms with van der Waals surface area (Å²) in [5, 5.41) is 30.1. The van der Waals surface area contributed by atoms with Gasteiger partial charge in [0.25, 0.3) is 0 Å². The molecule has 5 N–H and O–H groups in total. The molecule has 0 radical (unpaired) electrons. The van der Waals surface area contributed by atoms with Crippen LogP contribution in [0.15, 0.2) is 30.3 Å². The number of aliphatic hydroxyl groups is 2. The first-order valence-electron chi connectivity index (χ1n) is 16.6. The molecule has 1 aromatic rings. The number of ether oxygens (including phenoxy) is 1. The Morgan fingerprint density at radius 3 is 2.36 bits per heavy atom. The number of nitrogens with one attached hydrogen (secondary N) is 3. The van der Waals surface area contributed by atoms with Crippen LogP contribution < -0.4 is 16.0 Å². The Hall–Kier alpha value is -2.57. The zero-order chi connectivity index (χ0) is 30.9. The van der Waals surface area contributed by atoms with Crippen molar-refractivity contribution in [3.63, 3.8) is 0 Å². The van der Waals surface area contributed by atoms with Gasteiger partial charge in [-0.1, -0.05) is 30.3 Å². The molecule has 0 saturated carbocycles. The standard InChI is InChI=1S/C33H51N5O6/c39-28-7-12-34-31(41)16-24-8-13-37(27-9-14-44-15-10-27)21-25(24)6-11-35-33(43)30-17-26(36-32(42)19-29(40)18-28)22-38(30)20-23-4-2-1-3-5-23/h1-5,24-30,39-40H,6-22H2,(H,34,41)(H,35,43)(H,36,42)/t24-,25-,26-,28?,29?,30+/m0/s1. The second-order valence-electron chi connectivity index (χ2n) is 13.2. The predicted molar refractivity (Wildman–Crippen MR) is 165 cm³/mol. The summed E-state index contributed by atoms with van der Waals surface area (Å²) in [5.74, 6) is 0.136. The van der Waals surface area contributed by atoms with Crippen molar-refractivity contribution < 1.29 is 29.3 Å². The highest BCUT2D eigenvalue weighted by atomic mass is 16.5. The van der Waals surface area contributed by atoms with Gasteiger partial charge in [-0.2, -0.15) is 0 Å². The van der Waals surface area contributed by atoms with Crippen LogP contribution in [-0.2, 0) is 25.7 Å². The largest absolute Gasteiger partial charge is 0.393 e. The monoisotopic (exact) mass is 613 g/mol. The molecule has 1 aromatic carbocycles. The van der Waals surface area contributed by atoms with Crippen LogP contribution in [0.3, 0.4) is 0 Å². The third kappa shape index (κ3) is 9.47. The van der Waals surface area contributed by atoms with Crippen LogP contribution in [-0.4, -0.2) is 114 Å². The zero-order valence-electron chi connectivity index (χ0n) is 25.9. The second-order valence-corrected chi connectivity index (χ2v) is 13.2. The molecule has 4 aliphatic heterocycles. The number of likely N-dealkylation sites (tertiary alicyclic amines) is 2. The summed E-state index contributed by atoms with van der Waals surface area (Å²) in [5.41, 5.74) is 1.10. The Balaban J connectivity index is 1.28. The van der Waals surface area contributed by atoms with Crippen LogP contribution in [0.4, 0.5) is 0 Å². The number of carbonyl (C=O) groups excluding carboxylic acids is 3. The molecule has 5 rings (SSSR count). The average molecular weight is 614 g/mol. The number of piperidine rings is 1. The summed E-state index contributed by atoms with van der Waals surface area (Å²) in [6.07, 6.45) is 3.16. The number of rotatable bonds is 3. The van der Waals surface area contributed by atoms with Gasteiger partial charge >= 0.3 is 0 Å². The SMILES string of the molecule is O=C1C[C@@H]2CCN(C3CCOCC3)C[C@@H]2CCNC(=O)[C@H]2C[C@@H](CN2Cc2ccccc2)NC(=O)CC(O)CC(O)CCN1. The van der Waals surface area contributed by atoms with Gasteiger partial charge in [-0.3, -0.25) is 24.2 Å². The third-order valence-corrected chi connectivity index (χ3v) is 9.96. The molecule has 3 amide bonds. The highest BCUT2D eigenvalue weighted by molar-refractivity contribution is 5.82. The molecule has 4 aliphatic rings. The maximum atomic E-state index is 13.6. The molecule has 44 heavy (non-hydrogen) atoms. The fraction of sp³-hybridized carbons (Fsp3) is 0.727. The normalized spacial score (nSPS) is 33.1. The summed E-state index contributed by atoms with van der Waals surface area (Å²) in [4.78, 5) is 44.0. The zero-order valence-corrected chi connectivity index (χ0v) is 25.9. The van der Waals surface area contributed by atoms with E-state index in [9.17, 15) is 24.6 Å². The van der Waals surface area contributed by atoms with Gasteiger partial charge in [-0.05, 0) is 68.9 Å². The van der Waals surface area contributed by atoms with E-state index in [2.05, 4.69) is 25.8 Å². The summed E-state index contributed by atoms with van der Waals surface area (Å²) in [7, 11) is 0. The molecular weight excluding hydrogens is 562 g/mol. The Morgan fingerprint density at radius 2 is 1.57 bits per heavy atom. The molecular formula is C33H51N5O6. The van der Waals surface area contributed by atoms with Crippen LogP contribution in [0.25, 0.3) is 0 Å². The van der Waals surface area contributed by atoms with E-state index in [0.29, 0.717) is 51.5 Å². The van der Waals surface area contributed by atoms with E-state index < -0.39 is 12.2 Å². The number of hydrogen-bond donors (Lipinski definition) is 5. The molecule has 244 valence electrons. The lowest BCUT2D eigenvalue weighted by molar-refractivity contribution is -0.126. The van der Waals surface area contributed by atoms with E-state index in [0.717, 1.165) is 57.6 Å². The number of benzene rings is 1. The van der Waals surface area contributed by atoms with Crippen molar-refractivity contribution in [1.82, 2.24) is 25.8 Å². The number of amides is 3. The minimum Gasteiger partial charge on any atom is -0.393 e. The van der Waals surface area contributed by atoms with Gasteiger partial charge in [-0.15, -0.1) is 0 Å². The second kappa shape index (κ2) is 16.1. The van der Waals surface area contributed by atoms with Crippen LogP contribution in [0.2, 0.25) is 0 Å². The minimum absolute atomic E-state index is 0.0290. The Morgan fingerprint density at radius 1 is 0.795 bits per heavy atom. The fourth-order valence-corrected chi connectivity index (χ4v) is 7.56. The quantitative estimate of drug-likeness (QED) is 0.337. The van der Waals surface area contributed by atoms with Crippen LogP contribution in [0.1, 0.15) is 63.4 Å². The van der Waals surface area contributed by atoms with Crippen molar-refractivity contribution in [2.45, 2.75) is 94.7 Å². The van der Waals surface area contributed by atoms with Crippen molar-refractivity contribution in [3.8, 4) is 0 Å². The van der Waals surface area contributed by atoms with E-state index in [1.165, 1.54) is 0 Å². The van der Waals surface area contributed by atoms with Crippen LogP contribution in [0, 0.1) is 11.8 Å². The maximum absolute atomic E-state index is 13.6. The topological polar surface area (TPSA) is 143 Å². The highest BCUT2D eigenvalue weighted by Crippen LogP contribution is 2.32. The Labute approximate surface area is 261 Å². The number of carbonyl (C=O) groups is 3. The highest BCUT2D eigenvalue weighted by Gasteiger charge is 2.38. The Bertz CT molecular complexity index is 1090. The van der Waals surface area contributed by atoms with E-state index in [-0.39, 0.29) is 54.5 Å². The minimum atomic E-state index is -0.992. The lowest BCUT2D eigenvalue weighted by atomic mass is 9.80. The van der Waals surface area contributed by atoms with Crippen molar-refractivity contribution in [1.29, 1.82) is 0 Å². The molecule has 4 saturated heterocycles. The maximum Gasteiger partial charge on any atom is 0.237 e. The predicted octanol–water partition coefficient (Wildman–Crippen LogP) is 0.781. The van der Waals surface area contributed by atoms with Crippen LogP contribution in [0.5, 0.6) is 0 Å². The van der Waals surface area contributed by atoms with Gasteiger partial charge in [0, 0.05) is 64.4 Å². The van der Waals surface area contributed by atoms with E-state index >= 15 is 0 Å². The molecule has 4 heterocycles. The fourth-order valence-electron chi connectivity index (χ4n) is 7.56. The van der Waals surface area contributed by atoms with E-state index in [1.54, 1.807) is 0 Å².